The Morgan fingerprint density at radius 2 is 1.41 bits per heavy atom. The molecule has 1 heterocycles. The van der Waals surface area contributed by atoms with Crippen LogP contribution in [0, 0.1) is 19.7 Å². The lowest BCUT2D eigenvalue weighted by atomic mass is 10.0. The predicted octanol–water partition coefficient (Wildman–Crippen LogP) is 14.7. The van der Waals surface area contributed by atoms with Gasteiger partial charge in [0.25, 0.3) is 0 Å². The molecule has 2 aliphatic carbocycles. The Balaban J connectivity index is 0.000000138. The maximum absolute atomic E-state index is 13.1. The number of fused-ring (bicyclic) bond motifs is 3. The Morgan fingerprint density at radius 1 is 0.759 bits per heavy atom. The van der Waals surface area contributed by atoms with E-state index in [0.29, 0.717) is 5.69 Å². The van der Waals surface area contributed by atoms with Crippen LogP contribution < -0.4 is 0 Å². The second kappa shape index (κ2) is 18.4. The molecule has 0 radical (unpaired) electrons. The normalized spacial score (nSPS) is 12.8. The third kappa shape index (κ3) is 9.18. The number of methoxy groups -OCH3 is 1. The molecular weight excluding hydrogens is 809 g/mol. The van der Waals surface area contributed by atoms with Crippen molar-refractivity contribution in [3.8, 4) is 0 Å². The number of carbonyl (C=O) groups excluding carboxylic acids is 1. The molecule has 58 heavy (non-hydrogen) atoms. The van der Waals surface area contributed by atoms with E-state index >= 15 is 0 Å². The fourth-order valence-corrected chi connectivity index (χ4v) is 7.59. The Hall–Kier alpha value is -6.15. The van der Waals surface area contributed by atoms with Gasteiger partial charge in [-0.2, -0.15) is 5.11 Å². The molecule has 2 aliphatic rings. The number of rotatable bonds is 5. The van der Waals surface area contributed by atoms with Gasteiger partial charge < -0.3 is 4.74 Å². The van der Waals surface area contributed by atoms with Gasteiger partial charge in [0.15, 0.2) is 0 Å². The lowest BCUT2D eigenvalue weighted by Crippen LogP contribution is -2.12. The molecule has 8 heteroatoms. The molecule has 5 nitrogen and oxygen atoms in total. The van der Waals surface area contributed by atoms with Crippen molar-refractivity contribution in [3.63, 3.8) is 0 Å². The maximum atomic E-state index is 13.1. The highest BCUT2D eigenvalue weighted by Gasteiger charge is 2.22. The first kappa shape index (κ1) is 40.1. The second-order valence-electron chi connectivity index (χ2n) is 13.8. The van der Waals surface area contributed by atoms with E-state index in [1.54, 1.807) is 16.7 Å². The van der Waals surface area contributed by atoms with E-state index in [9.17, 15) is 9.18 Å². The van der Waals surface area contributed by atoms with Crippen molar-refractivity contribution in [2.45, 2.75) is 26.7 Å². The Morgan fingerprint density at radius 3 is 2.14 bits per heavy atom. The number of para-hydroxylation sites is 1. The van der Waals surface area contributed by atoms with Crippen molar-refractivity contribution in [2.75, 3.05) is 7.11 Å². The molecule has 288 valence electrons. The largest absolute Gasteiger partial charge is 0.452 e. The summed E-state index contributed by atoms with van der Waals surface area (Å²) in [6.07, 6.45) is 8.10. The molecule has 0 saturated carbocycles. The average molecular weight is 849 g/mol. The summed E-state index contributed by atoms with van der Waals surface area (Å²) in [4.78, 5) is 11.6. The van der Waals surface area contributed by atoms with Crippen molar-refractivity contribution < 1.29 is 13.9 Å². The van der Waals surface area contributed by atoms with Crippen LogP contribution in [0.1, 0.15) is 44.6 Å². The van der Waals surface area contributed by atoms with Gasteiger partial charge >= 0.3 is 6.09 Å². The van der Waals surface area contributed by atoms with E-state index in [0.717, 1.165) is 55.8 Å². The molecule has 0 saturated heterocycles. The van der Waals surface area contributed by atoms with Crippen molar-refractivity contribution in [1.82, 2.24) is 4.57 Å². The van der Waals surface area contributed by atoms with Crippen LogP contribution in [0.4, 0.5) is 14.9 Å². The molecule has 0 unspecified atom stereocenters. The lowest BCUT2D eigenvalue weighted by molar-refractivity contribution is 0.173. The highest BCUT2D eigenvalue weighted by molar-refractivity contribution is 9.10. The number of carbonyl (C=O) groups is 1. The van der Waals surface area contributed by atoms with E-state index in [-0.39, 0.29) is 11.9 Å². The molecule has 0 fully saturated rings. The first-order chi connectivity index (χ1) is 28.2. The van der Waals surface area contributed by atoms with Gasteiger partial charge in [-0.25, -0.2) is 13.8 Å². The maximum Gasteiger partial charge on any atom is 0.418 e. The average Bonchev–Trinajstić information content (AvgIpc) is 3.92. The van der Waals surface area contributed by atoms with Gasteiger partial charge in [-0.3, -0.25) is 0 Å². The zero-order chi connectivity index (χ0) is 40.6. The van der Waals surface area contributed by atoms with Crippen LogP contribution in [-0.2, 0) is 17.6 Å². The SMILES string of the molecule is COC(=O)n1c(C)c(Br)c2ccccc21.Cc1ccc(C2=C(N=Nc3ccc(F)cc3)c3ccccc3C2)cc1.Clc1ccc(/C=C/C2=CCc3ccccc32)cc1. The topological polar surface area (TPSA) is 56.0 Å². The number of aromatic nitrogens is 1. The van der Waals surface area contributed by atoms with Crippen LogP contribution in [-0.4, -0.2) is 17.8 Å². The number of ether oxygens (including phenoxy) is 1. The van der Waals surface area contributed by atoms with Crippen LogP contribution in [0.2, 0.25) is 5.02 Å². The smallest absolute Gasteiger partial charge is 0.418 e. The summed E-state index contributed by atoms with van der Waals surface area (Å²) in [6.45, 7) is 3.96. The molecule has 0 atom stereocenters. The number of hydrogen-bond acceptors (Lipinski definition) is 4. The van der Waals surface area contributed by atoms with Gasteiger partial charge in [-0.15, -0.1) is 5.11 Å². The molecule has 0 aliphatic heterocycles. The number of allylic oxidation sites excluding steroid dienone is 4. The lowest BCUT2D eigenvalue weighted by Gasteiger charge is -2.04. The van der Waals surface area contributed by atoms with Crippen molar-refractivity contribution in [1.29, 1.82) is 0 Å². The summed E-state index contributed by atoms with van der Waals surface area (Å²) in [7, 11) is 1.38. The second-order valence-corrected chi connectivity index (χ2v) is 15.1. The number of aryl methyl sites for hydroxylation is 1. The minimum Gasteiger partial charge on any atom is -0.452 e. The van der Waals surface area contributed by atoms with Gasteiger partial charge in [0.05, 0.1) is 24.0 Å². The summed E-state index contributed by atoms with van der Waals surface area (Å²) in [5.41, 5.74) is 14.4. The third-order valence-corrected chi connectivity index (χ3v) is 11.3. The Kier molecular flexibility index (Phi) is 12.7. The number of hydrogen-bond donors (Lipinski definition) is 0. The molecule has 7 aromatic rings. The fraction of sp³-hybridized carbons (Fsp3) is 0.100. The van der Waals surface area contributed by atoms with E-state index in [2.05, 4.69) is 112 Å². The highest BCUT2D eigenvalue weighted by atomic mass is 79.9. The Bertz CT molecular complexity index is 2710. The van der Waals surface area contributed by atoms with Gasteiger partial charge in [-0.1, -0.05) is 139 Å². The summed E-state index contributed by atoms with van der Waals surface area (Å²) >= 11 is 9.34. The number of nitrogens with zero attached hydrogens (tertiary/aromatic N) is 3. The molecule has 1 aromatic heterocycles. The van der Waals surface area contributed by atoms with E-state index in [1.807, 2.05) is 67.6 Å². The summed E-state index contributed by atoms with van der Waals surface area (Å²) in [6, 6.07) is 46.9. The standard InChI is InChI=1S/C22H17FN2.C17H13Cl.C11H10BrNO2/c1-15-6-8-16(9-7-15)21-14-17-4-2-3-5-20(17)22(21)25-24-19-12-10-18(23)11-13-19;18-16-11-6-13(7-12-16)5-8-15-10-9-14-3-1-2-4-17(14)15;1-7-10(12)8-5-3-4-6-9(8)13(7)11(14)15-2/h2-13H,14H2,1H3;1-8,10-12H,9H2;3-6H,1-2H3/b;8-5+;. The van der Waals surface area contributed by atoms with Crippen LogP contribution in [0.3, 0.4) is 0 Å². The number of azo groups is 1. The van der Waals surface area contributed by atoms with Crippen molar-refractivity contribution >= 4 is 73.1 Å². The fourth-order valence-electron chi connectivity index (χ4n) is 6.95. The van der Waals surface area contributed by atoms with E-state index < -0.39 is 0 Å². The van der Waals surface area contributed by atoms with E-state index in [4.69, 9.17) is 16.3 Å². The molecule has 0 spiro atoms. The van der Waals surface area contributed by atoms with Crippen LogP contribution >= 0.6 is 27.5 Å². The number of benzene rings is 6. The highest BCUT2D eigenvalue weighted by Crippen LogP contribution is 2.40. The van der Waals surface area contributed by atoms with Gasteiger partial charge in [0.1, 0.15) is 5.82 Å². The summed E-state index contributed by atoms with van der Waals surface area (Å²) < 4.78 is 20.3. The van der Waals surface area contributed by atoms with E-state index in [1.165, 1.54) is 58.2 Å². The molecule has 0 N–H and O–H groups in total. The van der Waals surface area contributed by atoms with Gasteiger partial charge in [0.2, 0.25) is 0 Å². The molecule has 6 aromatic carbocycles. The molecule has 0 bridgehead atoms. The summed E-state index contributed by atoms with van der Waals surface area (Å²) in [5, 5.41) is 10.6. The zero-order valence-corrected chi connectivity index (χ0v) is 34.6. The minimum atomic E-state index is -0.366. The van der Waals surface area contributed by atoms with Crippen LogP contribution in [0.25, 0.3) is 33.8 Å². The first-order valence-electron chi connectivity index (χ1n) is 18.8. The molecule has 0 amide bonds. The molecule has 9 rings (SSSR count). The van der Waals surface area contributed by atoms with Gasteiger partial charge in [-0.05, 0) is 118 Å². The minimum absolute atomic E-state index is 0.273. The quantitative estimate of drug-likeness (QED) is 0.162. The zero-order valence-electron chi connectivity index (χ0n) is 32.3. The van der Waals surface area contributed by atoms with Crippen LogP contribution in [0.15, 0.2) is 172 Å². The molecular formula is C50H40BrClFN3O2. The first-order valence-corrected chi connectivity index (χ1v) is 20.0. The predicted molar refractivity (Wildman–Crippen MR) is 240 cm³/mol. The van der Waals surface area contributed by atoms with Crippen molar-refractivity contribution in [2.24, 2.45) is 10.2 Å². The Labute approximate surface area is 351 Å². The van der Waals surface area contributed by atoms with Crippen molar-refractivity contribution in [3.05, 3.63) is 218 Å². The van der Waals surface area contributed by atoms with Crippen LogP contribution in [0.5, 0.6) is 0 Å². The monoisotopic (exact) mass is 847 g/mol. The summed E-state index contributed by atoms with van der Waals surface area (Å²) in [5.74, 6) is -0.273. The number of halogens is 3. The van der Waals surface area contributed by atoms with Gasteiger partial charge in [0, 0.05) is 32.6 Å². The third-order valence-electron chi connectivity index (χ3n) is 10.0.